The highest BCUT2D eigenvalue weighted by Gasteiger charge is 2.44. The maximum atomic E-state index is 11.3. The number of carbonyl (C=O) groups excluding carboxylic acids is 2. The maximum absolute atomic E-state index is 11.3. The van der Waals surface area contributed by atoms with Crippen molar-refractivity contribution in [2.45, 2.75) is 18.9 Å². The summed E-state index contributed by atoms with van der Waals surface area (Å²) in [6, 6.07) is 0. The van der Waals surface area contributed by atoms with Gasteiger partial charge in [0.15, 0.2) is 17.8 Å². The van der Waals surface area contributed by atoms with Gasteiger partial charge in [-0.05, 0) is 13.3 Å². The highest BCUT2D eigenvalue weighted by molar-refractivity contribution is 6.02. The Kier molecular flexibility index (Phi) is 5.26. The zero-order valence-corrected chi connectivity index (χ0v) is 9.42. The van der Waals surface area contributed by atoms with Crippen molar-refractivity contribution in [2.75, 3.05) is 6.54 Å². The molecule has 2 atom stereocenters. The Hall–Kier alpha value is -1.96. The molecule has 0 fully saturated rings. The molecule has 0 radical (unpaired) electrons. The van der Waals surface area contributed by atoms with E-state index in [9.17, 15) is 14.4 Å². The van der Waals surface area contributed by atoms with E-state index in [1.807, 2.05) is 0 Å². The zero-order chi connectivity index (χ0) is 13.6. The monoisotopic (exact) mass is 244 g/mol. The Balaban J connectivity index is 4.96. The molecule has 0 aliphatic rings. The van der Waals surface area contributed by atoms with Crippen molar-refractivity contribution >= 4 is 24.0 Å². The van der Waals surface area contributed by atoms with Crippen LogP contribution in [0.4, 0.5) is 0 Å². The SMILES string of the molecule is CC(=O)C(CCN=C(N)N)[C@@](N)(C=O)C(=O)O. The van der Waals surface area contributed by atoms with Crippen molar-refractivity contribution in [3.63, 3.8) is 0 Å². The Bertz CT molecular complexity index is 351. The van der Waals surface area contributed by atoms with E-state index in [1.54, 1.807) is 0 Å². The number of guanidine groups is 1. The number of hydrogen-bond acceptors (Lipinski definition) is 5. The van der Waals surface area contributed by atoms with Crippen molar-refractivity contribution in [3.05, 3.63) is 0 Å². The molecule has 0 bridgehead atoms. The predicted octanol–water partition coefficient (Wildman–Crippen LogP) is -2.16. The third kappa shape index (κ3) is 3.83. The minimum atomic E-state index is -2.25. The Morgan fingerprint density at radius 2 is 2.00 bits per heavy atom. The molecule has 8 heteroatoms. The summed E-state index contributed by atoms with van der Waals surface area (Å²) in [5.74, 6) is -3.41. The first kappa shape index (κ1) is 15.0. The number of nitrogens with two attached hydrogens (primary N) is 3. The lowest BCUT2D eigenvalue weighted by Gasteiger charge is -2.26. The molecular formula is C9H16N4O4. The van der Waals surface area contributed by atoms with Gasteiger partial charge in [0.1, 0.15) is 5.78 Å². The standard InChI is InChI=1S/C9H16N4O4/c1-5(15)6(2-3-13-8(10)11)9(12,4-14)7(16)17/h4,6H,2-3,12H2,1H3,(H,16,17)(H4,10,11,13)/t6?,9-/m0/s1. The largest absolute Gasteiger partial charge is 0.480 e. The van der Waals surface area contributed by atoms with Gasteiger partial charge >= 0.3 is 5.97 Å². The number of carboxylic acid groups (broad SMARTS) is 1. The number of hydrogen-bond donors (Lipinski definition) is 4. The van der Waals surface area contributed by atoms with Crippen molar-refractivity contribution in [1.82, 2.24) is 0 Å². The van der Waals surface area contributed by atoms with Gasteiger partial charge in [0.05, 0.1) is 5.92 Å². The van der Waals surface area contributed by atoms with Crippen LogP contribution in [-0.2, 0) is 14.4 Å². The van der Waals surface area contributed by atoms with Gasteiger partial charge < -0.3 is 27.1 Å². The predicted molar refractivity (Wildman–Crippen MR) is 60.1 cm³/mol. The van der Waals surface area contributed by atoms with Gasteiger partial charge in [-0.25, -0.2) is 4.79 Å². The van der Waals surface area contributed by atoms with Crippen LogP contribution in [0.2, 0.25) is 0 Å². The van der Waals surface area contributed by atoms with E-state index in [4.69, 9.17) is 22.3 Å². The first-order chi connectivity index (χ1) is 7.75. The first-order valence-electron chi connectivity index (χ1n) is 4.80. The van der Waals surface area contributed by atoms with Gasteiger partial charge in [-0.15, -0.1) is 0 Å². The molecule has 0 heterocycles. The van der Waals surface area contributed by atoms with Crippen LogP contribution in [0.5, 0.6) is 0 Å². The van der Waals surface area contributed by atoms with E-state index in [-0.39, 0.29) is 25.2 Å². The Labute approximate surface area is 97.9 Å². The fourth-order valence-corrected chi connectivity index (χ4v) is 1.38. The topological polar surface area (TPSA) is 162 Å². The highest BCUT2D eigenvalue weighted by atomic mass is 16.4. The lowest BCUT2D eigenvalue weighted by atomic mass is 9.81. The molecule has 0 aromatic heterocycles. The average Bonchev–Trinajstić information content (AvgIpc) is 2.22. The number of carboxylic acids is 1. The zero-order valence-electron chi connectivity index (χ0n) is 9.42. The van der Waals surface area contributed by atoms with E-state index in [2.05, 4.69) is 4.99 Å². The maximum Gasteiger partial charge on any atom is 0.331 e. The van der Waals surface area contributed by atoms with E-state index in [0.29, 0.717) is 0 Å². The molecule has 0 saturated carbocycles. The van der Waals surface area contributed by atoms with E-state index in [1.165, 1.54) is 0 Å². The molecule has 0 aromatic rings. The second kappa shape index (κ2) is 5.94. The number of aldehydes is 1. The van der Waals surface area contributed by atoms with Crippen molar-refractivity contribution in [2.24, 2.45) is 28.1 Å². The second-order valence-corrected chi connectivity index (χ2v) is 3.61. The molecule has 0 aromatic carbocycles. The van der Waals surface area contributed by atoms with Gasteiger partial charge in [-0.3, -0.25) is 9.79 Å². The fourth-order valence-electron chi connectivity index (χ4n) is 1.38. The summed E-state index contributed by atoms with van der Waals surface area (Å²) < 4.78 is 0. The number of carbonyl (C=O) groups is 3. The summed E-state index contributed by atoms with van der Waals surface area (Å²) in [6.45, 7) is 1.18. The smallest absolute Gasteiger partial charge is 0.331 e. The lowest BCUT2D eigenvalue weighted by Crippen LogP contribution is -2.58. The third-order valence-electron chi connectivity index (χ3n) is 2.34. The van der Waals surface area contributed by atoms with Crippen LogP contribution in [-0.4, -0.2) is 41.2 Å². The molecule has 0 amide bonds. The van der Waals surface area contributed by atoms with E-state index in [0.717, 1.165) is 6.92 Å². The third-order valence-corrected chi connectivity index (χ3v) is 2.34. The number of aliphatic imine (C=N–C) groups is 1. The van der Waals surface area contributed by atoms with Gasteiger partial charge in [0.25, 0.3) is 0 Å². The molecule has 7 N–H and O–H groups in total. The van der Waals surface area contributed by atoms with Crippen LogP contribution in [0.15, 0.2) is 4.99 Å². The molecule has 0 rings (SSSR count). The molecule has 0 aliphatic heterocycles. The molecule has 1 unspecified atom stereocenters. The Morgan fingerprint density at radius 1 is 1.47 bits per heavy atom. The molecule has 0 aliphatic carbocycles. The van der Waals surface area contributed by atoms with Crippen molar-refractivity contribution < 1.29 is 19.5 Å². The van der Waals surface area contributed by atoms with Crippen LogP contribution in [0, 0.1) is 5.92 Å². The molecule has 96 valence electrons. The molecular weight excluding hydrogens is 228 g/mol. The van der Waals surface area contributed by atoms with Gasteiger partial charge in [-0.2, -0.15) is 0 Å². The quantitative estimate of drug-likeness (QED) is 0.171. The molecule has 8 nitrogen and oxygen atoms in total. The molecule has 17 heavy (non-hydrogen) atoms. The highest BCUT2D eigenvalue weighted by Crippen LogP contribution is 2.18. The fraction of sp³-hybridized carbons (Fsp3) is 0.556. The summed E-state index contributed by atoms with van der Waals surface area (Å²) >= 11 is 0. The summed E-state index contributed by atoms with van der Waals surface area (Å²) in [6.07, 6.45) is 0.0334. The summed E-state index contributed by atoms with van der Waals surface area (Å²) in [7, 11) is 0. The molecule has 0 saturated heterocycles. The Morgan fingerprint density at radius 3 is 2.29 bits per heavy atom. The number of Topliss-reactive ketones (excluding diaryl/α,β-unsaturated/α-hetero) is 1. The minimum Gasteiger partial charge on any atom is -0.480 e. The van der Waals surface area contributed by atoms with Crippen LogP contribution in [0.25, 0.3) is 0 Å². The number of rotatable bonds is 7. The average molecular weight is 244 g/mol. The summed E-state index contributed by atoms with van der Waals surface area (Å²) in [5, 5.41) is 8.87. The van der Waals surface area contributed by atoms with Gasteiger partial charge in [0.2, 0.25) is 0 Å². The number of nitrogens with zero attached hydrogens (tertiary/aromatic N) is 1. The van der Waals surface area contributed by atoms with Gasteiger partial charge in [-0.1, -0.05) is 0 Å². The summed E-state index contributed by atoms with van der Waals surface area (Å²) in [5.41, 5.74) is 13.3. The summed E-state index contributed by atoms with van der Waals surface area (Å²) in [4.78, 5) is 36.6. The van der Waals surface area contributed by atoms with Crippen LogP contribution >= 0.6 is 0 Å². The van der Waals surface area contributed by atoms with Crippen LogP contribution in [0.3, 0.4) is 0 Å². The van der Waals surface area contributed by atoms with E-state index >= 15 is 0 Å². The normalized spacial score (nSPS) is 15.4. The number of ketones is 1. The lowest BCUT2D eigenvalue weighted by molar-refractivity contribution is -0.150. The first-order valence-corrected chi connectivity index (χ1v) is 4.80. The van der Waals surface area contributed by atoms with Gasteiger partial charge in [0, 0.05) is 6.54 Å². The minimum absolute atomic E-state index is 0.0191. The van der Waals surface area contributed by atoms with Crippen molar-refractivity contribution in [3.8, 4) is 0 Å². The van der Waals surface area contributed by atoms with E-state index < -0.39 is 23.2 Å². The second-order valence-electron chi connectivity index (χ2n) is 3.61. The van der Waals surface area contributed by atoms with Crippen LogP contribution in [0.1, 0.15) is 13.3 Å². The molecule has 0 spiro atoms. The number of aliphatic carboxylic acids is 1. The van der Waals surface area contributed by atoms with Crippen molar-refractivity contribution in [1.29, 1.82) is 0 Å². The van der Waals surface area contributed by atoms with Crippen LogP contribution < -0.4 is 17.2 Å².